The molecule has 2 rings (SSSR count). The fourth-order valence-electron chi connectivity index (χ4n) is 1.57. The fraction of sp³-hybridized carbons (Fsp3) is 0.200. The van der Waals surface area contributed by atoms with E-state index in [0.717, 1.165) is 0 Å². The molecule has 0 amide bonds. The number of aromatic hydroxyl groups is 1. The van der Waals surface area contributed by atoms with Crippen LogP contribution >= 0.6 is 0 Å². The molecule has 0 saturated heterocycles. The van der Waals surface area contributed by atoms with Gasteiger partial charge in [0.1, 0.15) is 5.75 Å². The molecule has 16 heavy (non-hydrogen) atoms. The van der Waals surface area contributed by atoms with Crippen LogP contribution in [0.15, 0.2) is 18.2 Å². The number of aromatic nitrogens is 2. The number of nitrogens with zero attached hydrogens (tertiary/aromatic N) is 2. The van der Waals surface area contributed by atoms with Gasteiger partial charge in [-0.25, -0.2) is 4.98 Å². The van der Waals surface area contributed by atoms with Gasteiger partial charge in [-0.2, -0.15) is 0 Å². The van der Waals surface area contributed by atoms with Crippen molar-refractivity contribution in [1.29, 1.82) is 0 Å². The Bertz CT molecular complexity index is 547. The third-order valence-corrected chi connectivity index (χ3v) is 2.31. The third-order valence-electron chi connectivity index (χ3n) is 2.31. The first-order chi connectivity index (χ1) is 7.58. The predicted octanol–water partition coefficient (Wildman–Crippen LogP) is 0.799. The number of nitrogen functional groups attached to an aromatic ring is 1. The second kappa shape index (κ2) is 3.73. The number of carbonyl (C=O) groups is 1. The van der Waals surface area contributed by atoms with Crippen molar-refractivity contribution in [3.8, 4) is 5.75 Å². The van der Waals surface area contributed by atoms with Crippen molar-refractivity contribution in [1.82, 2.24) is 9.55 Å². The van der Waals surface area contributed by atoms with Crippen molar-refractivity contribution in [2.75, 3.05) is 5.73 Å². The van der Waals surface area contributed by atoms with Gasteiger partial charge < -0.3 is 20.5 Å². The summed E-state index contributed by atoms with van der Waals surface area (Å²) in [6.07, 6.45) is -0.0364. The fourth-order valence-corrected chi connectivity index (χ4v) is 1.57. The number of fused-ring (bicyclic) bond motifs is 1. The first-order valence-electron chi connectivity index (χ1n) is 4.74. The number of carboxylic acids is 1. The third kappa shape index (κ3) is 1.77. The molecule has 1 heterocycles. The highest BCUT2D eigenvalue weighted by Crippen LogP contribution is 2.22. The molecular formula is C10H11N3O3. The molecule has 1 aromatic carbocycles. The number of anilines is 1. The van der Waals surface area contributed by atoms with Crippen LogP contribution in [-0.4, -0.2) is 25.7 Å². The normalized spacial score (nSPS) is 10.8. The molecule has 1 aromatic heterocycles. The van der Waals surface area contributed by atoms with E-state index in [9.17, 15) is 9.90 Å². The maximum Gasteiger partial charge on any atom is 0.305 e. The molecule has 0 aliphatic heterocycles. The van der Waals surface area contributed by atoms with E-state index < -0.39 is 5.97 Å². The zero-order valence-corrected chi connectivity index (χ0v) is 8.42. The Morgan fingerprint density at radius 2 is 2.25 bits per heavy atom. The molecule has 0 aliphatic carbocycles. The number of aryl methyl sites for hydroxylation is 1. The van der Waals surface area contributed by atoms with E-state index in [1.807, 2.05) is 0 Å². The van der Waals surface area contributed by atoms with Crippen LogP contribution in [0.2, 0.25) is 0 Å². The highest BCUT2D eigenvalue weighted by Gasteiger charge is 2.09. The topological polar surface area (TPSA) is 101 Å². The van der Waals surface area contributed by atoms with Gasteiger partial charge in [-0.3, -0.25) is 4.79 Å². The number of benzene rings is 1. The van der Waals surface area contributed by atoms with E-state index in [2.05, 4.69) is 4.98 Å². The lowest BCUT2D eigenvalue weighted by molar-refractivity contribution is -0.137. The molecule has 0 spiro atoms. The quantitative estimate of drug-likeness (QED) is 0.711. The number of hydrogen-bond donors (Lipinski definition) is 3. The monoisotopic (exact) mass is 221 g/mol. The van der Waals surface area contributed by atoms with Gasteiger partial charge >= 0.3 is 5.97 Å². The lowest BCUT2D eigenvalue weighted by atomic mass is 10.3. The summed E-state index contributed by atoms with van der Waals surface area (Å²) in [4.78, 5) is 14.6. The molecule has 4 N–H and O–H groups in total. The number of carboxylic acid groups (broad SMARTS) is 1. The van der Waals surface area contributed by atoms with Crippen LogP contribution in [0.5, 0.6) is 5.75 Å². The molecule has 0 unspecified atom stereocenters. The highest BCUT2D eigenvalue weighted by atomic mass is 16.4. The Kier molecular flexibility index (Phi) is 2.40. The Hall–Kier alpha value is -2.24. The maximum absolute atomic E-state index is 10.5. The second-order valence-corrected chi connectivity index (χ2v) is 3.44. The summed E-state index contributed by atoms with van der Waals surface area (Å²) < 4.78 is 1.57. The van der Waals surface area contributed by atoms with Crippen LogP contribution in [0.4, 0.5) is 5.95 Å². The average Bonchev–Trinajstić information content (AvgIpc) is 2.51. The summed E-state index contributed by atoms with van der Waals surface area (Å²) >= 11 is 0. The zero-order chi connectivity index (χ0) is 11.7. The lowest BCUT2D eigenvalue weighted by Gasteiger charge is -2.03. The van der Waals surface area contributed by atoms with Gasteiger partial charge in [-0.05, 0) is 12.1 Å². The number of phenolic OH excluding ortho intramolecular Hbond substituents is 1. The first kappa shape index (κ1) is 10.3. The molecule has 6 heteroatoms. The summed E-state index contributed by atoms with van der Waals surface area (Å²) in [5.74, 6) is -0.549. The van der Waals surface area contributed by atoms with E-state index in [1.165, 1.54) is 12.1 Å². The largest absolute Gasteiger partial charge is 0.508 e. The van der Waals surface area contributed by atoms with Gasteiger partial charge in [-0.1, -0.05) is 0 Å². The highest BCUT2D eigenvalue weighted by molar-refractivity contribution is 5.80. The predicted molar refractivity (Wildman–Crippen MR) is 58.1 cm³/mol. The van der Waals surface area contributed by atoms with Gasteiger partial charge in [0, 0.05) is 12.6 Å². The van der Waals surface area contributed by atoms with Crippen LogP contribution < -0.4 is 5.73 Å². The minimum atomic E-state index is -0.901. The smallest absolute Gasteiger partial charge is 0.305 e. The lowest BCUT2D eigenvalue weighted by Crippen LogP contribution is -2.07. The van der Waals surface area contributed by atoms with E-state index in [1.54, 1.807) is 10.6 Å². The van der Waals surface area contributed by atoms with E-state index >= 15 is 0 Å². The maximum atomic E-state index is 10.5. The van der Waals surface area contributed by atoms with Crippen molar-refractivity contribution in [3.05, 3.63) is 18.2 Å². The summed E-state index contributed by atoms with van der Waals surface area (Å²) in [7, 11) is 0. The molecule has 0 atom stereocenters. The van der Waals surface area contributed by atoms with Crippen molar-refractivity contribution in [2.24, 2.45) is 0 Å². The van der Waals surface area contributed by atoms with Crippen molar-refractivity contribution < 1.29 is 15.0 Å². The Morgan fingerprint density at radius 3 is 2.94 bits per heavy atom. The molecule has 84 valence electrons. The van der Waals surface area contributed by atoms with Crippen LogP contribution in [0, 0.1) is 0 Å². The van der Waals surface area contributed by atoms with E-state index in [-0.39, 0.29) is 24.7 Å². The molecule has 2 aromatic rings. The number of rotatable bonds is 3. The standard InChI is InChI=1S/C10H11N3O3/c11-10-12-7-2-1-6(14)5-8(7)13(10)4-3-9(15)16/h1-2,5,14H,3-4H2,(H2,11,12)(H,15,16). The van der Waals surface area contributed by atoms with Crippen LogP contribution in [0.1, 0.15) is 6.42 Å². The summed E-state index contributed by atoms with van der Waals surface area (Å²) in [5, 5.41) is 17.9. The number of phenols is 1. The molecule has 0 aliphatic rings. The number of imidazole rings is 1. The SMILES string of the molecule is Nc1nc2ccc(O)cc2n1CCC(=O)O. The van der Waals surface area contributed by atoms with Crippen molar-refractivity contribution in [2.45, 2.75) is 13.0 Å². The van der Waals surface area contributed by atoms with Crippen LogP contribution in [0.25, 0.3) is 11.0 Å². The first-order valence-corrected chi connectivity index (χ1v) is 4.74. The molecular weight excluding hydrogens is 210 g/mol. The minimum absolute atomic E-state index is 0.0364. The molecule has 0 fully saturated rings. The molecule has 0 radical (unpaired) electrons. The minimum Gasteiger partial charge on any atom is -0.508 e. The van der Waals surface area contributed by atoms with Crippen molar-refractivity contribution >= 4 is 23.0 Å². The Labute approximate surface area is 90.9 Å². The van der Waals surface area contributed by atoms with Crippen LogP contribution in [0.3, 0.4) is 0 Å². The summed E-state index contributed by atoms with van der Waals surface area (Å²) in [6.45, 7) is 0.237. The average molecular weight is 221 g/mol. The van der Waals surface area contributed by atoms with Gasteiger partial charge in [0.15, 0.2) is 0 Å². The van der Waals surface area contributed by atoms with Gasteiger partial charge in [0.05, 0.1) is 17.5 Å². The van der Waals surface area contributed by atoms with Crippen molar-refractivity contribution in [3.63, 3.8) is 0 Å². The summed E-state index contributed by atoms with van der Waals surface area (Å²) in [5.41, 5.74) is 6.94. The number of aliphatic carboxylic acids is 1. The van der Waals surface area contributed by atoms with E-state index in [4.69, 9.17) is 10.8 Å². The second-order valence-electron chi connectivity index (χ2n) is 3.44. The van der Waals surface area contributed by atoms with Crippen LogP contribution in [-0.2, 0) is 11.3 Å². The number of nitrogens with two attached hydrogens (primary N) is 1. The number of hydrogen-bond acceptors (Lipinski definition) is 4. The van der Waals surface area contributed by atoms with Gasteiger partial charge in [-0.15, -0.1) is 0 Å². The molecule has 6 nitrogen and oxygen atoms in total. The zero-order valence-electron chi connectivity index (χ0n) is 8.42. The van der Waals surface area contributed by atoms with Gasteiger partial charge in [0.2, 0.25) is 5.95 Å². The van der Waals surface area contributed by atoms with E-state index in [0.29, 0.717) is 11.0 Å². The molecule has 0 saturated carbocycles. The Balaban J connectivity index is 2.45. The summed E-state index contributed by atoms with van der Waals surface area (Å²) in [6, 6.07) is 4.66. The van der Waals surface area contributed by atoms with Gasteiger partial charge in [0.25, 0.3) is 0 Å². The molecule has 0 bridgehead atoms. The Morgan fingerprint density at radius 1 is 1.50 bits per heavy atom.